The van der Waals surface area contributed by atoms with E-state index >= 15 is 0 Å². The summed E-state index contributed by atoms with van der Waals surface area (Å²) in [6.45, 7) is 1.36. The third-order valence-corrected chi connectivity index (χ3v) is 10.7. The molecular weight excluding hydrogens is 449 g/mol. The van der Waals surface area contributed by atoms with Gasteiger partial charge in [-0.2, -0.15) is 0 Å². The van der Waals surface area contributed by atoms with Crippen molar-refractivity contribution in [3.05, 3.63) is 35.8 Å². The van der Waals surface area contributed by atoms with Crippen molar-refractivity contribution < 1.29 is 9.53 Å². The van der Waals surface area contributed by atoms with Gasteiger partial charge in [0.1, 0.15) is 5.82 Å². The molecule has 3 rings (SSSR count). The van der Waals surface area contributed by atoms with E-state index in [9.17, 15) is 4.79 Å². The molecule has 1 fully saturated rings. The van der Waals surface area contributed by atoms with Crippen molar-refractivity contribution in [1.29, 1.82) is 0 Å². The van der Waals surface area contributed by atoms with Crippen LogP contribution in [0.1, 0.15) is 34.9 Å². The van der Waals surface area contributed by atoms with Crippen LogP contribution in [-0.2, 0) is 0 Å². The van der Waals surface area contributed by atoms with Crippen molar-refractivity contribution in [2.24, 2.45) is 0 Å². The van der Waals surface area contributed by atoms with Crippen LogP contribution in [-0.4, -0.2) is 64.6 Å². The summed E-state index contributed by atoms with van der Waals surface area (Å²) in [4.78, 5) is 26.1. The average molecular weight is 476 g/mol. The number of ether oxygens (including phenoxy) is 1. The third kappa shape index (κ3) is 4.51. The first-order valence-corrected chi connectivity index (χ1v) is 19.2. The third-order valence-electron chi connectivity index (χ3n) is 5.02. The van der Waals surface area contributed by atoms with E-state index in [1.807, 2.05) is 17.2 Å². The Morgan fingerprint density at radius 1 is 1.22 bits per heavy atom. The molecule has 7 nitrogen and oxygen atoms in total. The molecule has 0 aliphatic carbocycles. The molecule has 144 valence electrons. The molecule has 2 aromatic heterocycles. The van der Waals surface area contributed by atoms with E-state index in [-0.39, 0.29) is 5.91 Å². The standard InChI is InChI=1S/C16H18N5O2.3CH3.Sn/c1-23-12-4-7-18-14(10-12)16(22)21-8-5-11(6-9-21)13-2-3-15(17)20-19-13;;;;/h2-3,7,10-11H,5-6,8-9H2,1H3,(H2,17,20);3*1H3;. The molecular formula is C19H27N5O2Sn. The van der Waals surface area contributed by atoms with Crippen LogP contribution in [0, 0.1) is 0 Å². The number of hydrogen-bond acceptors (Lipinski definition) is 6. The fourth-order valence-corrected chi connectivity index (χ4v) is 7.29. The van der Waals surface area contributed by atoms with E-state index in [0.717, 1.165) is 24.3 Å². The number of methoxy groups -OCH3 is 1. The summed E-state index contributed by atoms with van der Waals surface area (Å²) in [5, 5.41) is 8.12. The Balaban J connectivity index is 1.69. The molecule has 2 N–H and O–H groups in total. The predicted molar refractivity (Wildman–Crippen MR) is 108 cm³/mol. The zero-order valence-electron chi connectivity index (χ0n) is 16.4. The number of pyridine rings is 1. The van der Waals surface area contributed by atoms with Crippen LogP contribution in [0.4, 0.5) is 5.82 Å². The number of carbonyl (C=O) groups excluding carboxylic acids is 1. The van der Waals surface area contributed by atoms with E-state index in [0.29, 0.717) is 30.5 Å². The van der Waals surface area contributed by atoms with Crippen LogP contribution >= 0.6 is 0 Å². The van der Waals surface area contributed by atoms with E-state index in [1.54, 1.807) is 19.2 Å². The van der Waals surface area contributed by atoms with Crippen molar-refractivity contribution in [1.82, 2.24) is 20.1 Å². The second kappa shape index (κ2) is 8.00. The number of rotatable bonds is 4. The Labute approximate surface area is 164 Å². The minimum absolute atomic E-state index is 0.0363. The number of amides is 1. The first kappa shape index (κ1) is 19.8. The Morgan fingerprint density at radius 2 is 1.93 bits per heavy atom. The number of nitrogens with zero attached hydrogens (tertiary/aromatic N) is 4. The number of carbonyl (C=O) groups is 1. The second-order valence-electron chi connectivity index (χ2n) is 7.97. The molecule has 2 aromatic rings. The van der Waals surface area contributed by atoms with Crippen LogP contribution in [0.5, 0.6) is 5.75 Å². The van der Waals surface area contributed by atoms with Gasteiger partial charge in [-0.15, -0.1) is 0 Å². The average Bonchev–Trinajstić information content (AvgIpc) is 2.67. The SMILES string of the molecule is COc1cc(C(=O)N2CCC(c3ccc(N)nn3)CC2)nc[c]1[Sn]([CH3])([CH3])[CH3]. The molecule has 0 bridgehead atoms. The fourth-order valence-electron chi connectivity index (χ4n) is 3.40. The summed E-state index contributed by atoms with van der Waals surface area (Å²) >= 11 is -2.34. The molecule has 0 unspecified atom stereocenters. The molecule has 0 aromatic carbocycles. The van der Waals surface area contributed by atoms with Gasteiger partial charge in [0.15, 0.2) is 0 Å². The Kier molecular flexibility index (Phi) is 5.88. The van der Waals surface area contributed by atoms with E-state index < -0.39 is 18.4 Å². The number of nitrogens with two attached hydrogens (primary N) is 1. The van der Waals surface area contributed by atoms with Gasteiger partial charge in [-0.3, -0.25) is 0 Å². The molecule has 1 amide bonds. The first-order chi connectivity index (χ1) is 12.8. The number of anilines is 1. The normalized spacial score (nSPS) is 15.6. The Bertz CT molecular complexity index is 812. The molecule has 1 aliphatic heterocycles. The van der Waals surface area contributed by atoms with E-state index in [1.165, 1.54) is 3.58 Å². The van der Waals surface area contributed by atoms with Gasteiger partial charge < -0.3 is 5.73 Å². The molecule has 0 saturated carbocycles. The molecule has 0 radical (unpaired) electrons. The fraction of sp³-hybridized carbons (Fsp3) is 0.474. The Morgan fingerprint density at radius 3 is 2.48 bits per heavy atom. The van der Waals surface area contributed by atoms with Gasteiger partial charge >= 0.3 is 153 Å². The van der Waals surface area contributed by atoms with Crippen molar-refractivity contribution in [2.45, 2.75) is 33.6 Å². The quantitative estimate of drug-likeness (QED) is 0.680. The van der Waals surface area contributed by atoms with Crippen LogP contribution in [0.25, 0.3) is 0 Å². The van der Waals surface area contributed by atoms with Gasteiger partial charge in [0.05, 0.1) is 0 Å². The molecule has 27 heavy (non-hydrogen) atoms. The Hall–Kier alpha value is -1.90. The monoisotopic (exact) mass is 477 g/mol. The van der Waals surface area contributed by atoms with Crippen LogP contribution in [0.3, 0.4) is 0 Å². The van der Waals surface area contributed by atoms with Crippen molar-refractivity contribution >= 4 is 33.7 Å². The molecule has 0 atom stereocenters. The number of likely N-dealkylation sites (tertiary alicyclic amines) is 1. The minimum atomic E-state index is -2.34. The summed E-state index contributed by atoms with van der Waals surface area (Å²) in [6.07, 6.45) is 3.56. The van der Waals surface area contributed by atoms with E-state index in [4.69, 9.17) is 10.5 Å². The van der Waals surface area contributed by atoms with E-state index in [2.05, 4.69) is 30.0 Å². The molecule has 0 spiro atoms. The van der Waals surface area contributed by atoms with Gasteiger partial charge in [0.2, 0.25) is 0 Å². The summed E-state index contributed by atoms with van der Waals surface area (Å²) in [6, 6.07) is 5.50. The zero-order valence-corrected chi connectivity index (χ0v) is 19.3. The van der Waals surface area contributed by atoms with Crippen molar-refractivity contribution in [3.63, 3.8) is 0 Å². The van der Waals surface area contributed by atoms with Gasteiger partial charge in [0, 0.05) is 0 Å². The van der Waals surface area contributed by atoms with Crippen molar-refractivity contribution in [3.8, 4) is 5.75 Å². The van der Waals surface area contributed by atoms with Gasteiger partial charge in [-0.05, 0) is 0 Å². The predicted octanol–water partition coefficient (Wildman–Crippen LogP) is 2.03. The molecule has 8 heteroatoms. The van der Waals surface area contributed by atoms with Crippen LogP contribution in [0.15, 0.2) is 24.4 Å². The molecule has 3 heterocycles. The molecule has 1 saturated heterocycles. The van der Waals surface area contributed by atoms with Crippen LogP contribution < -0.4 is 14.0 Å². The maximum atomic E-state index is 12.9. The number of piperidine rings is 1. The molecule has 1 aliphatic rings. The summed E-state index contributed by atoms with van der Waals surface area (Å²) in [5.41, 5.74) is 7.00. The summed E-state index contributed by atoms with van der Waals surface area (Å²) < 4.78 is 6.75. The number of nitrogen functional groups attached to an aromatic ring is 1. The zero-order chi connectivity index (χ0) is 19.6. The summed E-state index contributed by atoms with van der Waals surface area (Å²) in [7, 11) is 1.66. The first-order valence-electron chi connectivity index (χ1n) is 9.22. The van der Waals surface area contributed by atoms with Gasteiger partial charge in [-0.1, -0.05) is 0 Å². The topological polar surface area (TPSA) is 94.2 Å². The summed E-state index contributed by atoms with van der Waals surface area (Å²) in [5.74, 6) is 1.49. The van der Waals surface area contributed by atoms with Crippen molar-refractivity contribution in [2.75, 3.05) is 25.9 Å². The second-order valence-corrected chi connectivity index (χ2v) is 22.4. The maximum absolute atomic E-state index is 12.9. The van der Waals surface area contributed by atoms with Crippen LogP contribution in [0.2, 0.25) is 14.8 Å². The number of aromatic nitrogens is 3. The van der Waals surface area contributed by atoms with Gasteiger partial charge in [-0.25, -0.2) is 0 Å². The number of hydrogen-bond donors (Lipinski definition) is 1. The van der Waals surface area contributed by atoms with Gasteiger partial charge in [0.25, 0.3) is 0 Å².